The molecule has 5 nitrogen and oxygen atoms in total. The molecule has 1 aliphatic carbocycles. The van der Waals surface area contributed by atoms with E-state index >= 15 is 4.39 Å². The Morgan fingerprint density at radius 1 is 1.28 bits per heavy atom. The van der Waals surface area contributed by atoms with Crippen LogP contribution in [0.5, 0.6) is 0 Å². The third kappa shape index (κ3) is 2.95. The molecule has 3 aliphatic rings. The fraction of sp³-hybridized carbons (Fsp3) is 0.565. The number of carbonyl (C=O) groups is 1. The summed E-state index contributed by atoms with van der Waals surface area (Å²) in [6, 6.07) is 2.00. The molecule has 2 aromatic rings. The Morgan fingerprint density at radius 2 is 2.07 bits per heavy atom. The van der Waals surface area contributed by atoms with Crippen LogP contribution in [0.3, 0.4) is 0 Å². The number of esters is 1. The minimum atomic E-state index is -0.627. The van der Waals surface area contributed by atoms with Crippen molar-refractivity contribution in [2.75, 3.05) is 18.1 Å². The topological polar surface area (TPSA) is 51.5 Å². The van der Waals surface area contributed by atoms with Crippen molar-refractivity contribution < 1.29 is 13.9 Å². The van der Waals surface area contributed by atoms with Crippen LogP contribution in [0.4, 0.5) is 10.1 Å². The summed E-state index contributed by atoms with van der Waals surface area (Å²) in [5.41, 5.74) is 2.03. The average molecular weight is 398 g/mol. The van der Waals surface area contributed by atoms with Crippen molar-refractivity contribution in [2.45, 2.75) is 64.5 Å². The van der Waals surface area contributed by atoms with Crippen molar-refractivity contribution in [1.82, 2.24) is 4.57 Å². The first kappa shape index (κ1) is 18.6. The van der Waals surface area contributed by atoms with Crippen molar-refractivity contribution in [3.8, 4) is 0 Å². The molecule has 0 bridgehead atoms. The molecule has 6 heteroatoms. The summed E-state index contributed by atoms with van der Waals surface area (Å²) < 4.78 is 22.6. The van der Waals surface area contributed by atoms with Gasteiger partial charge in [0.1, 0.15) is 11.4 Å². The molecule has 5 rings (SSSR count). The predicted octanol–water partition coefficient (Wildman–Crippen LogP) is 4.20. The first-order chi connectivity index (χ1) is 14.0. The molecule has 0 amide bonds. The molecular weight excluding hydrogens is 371 g/mol. The molecule has 0 radical (unpaired) electrons. The number of hydrogen-bond acceptors (Lipinski definition) is 4. The Kier molecular flexibility index (Phi) is 4.41. The number of anilines is 1. The van der Waals surface area contributed by atoms with Gasteiger partial charge in [-0.3, -0.25) is 4.79 Å². The van der Waals surface area contributed by atoms with E-state index < -0.39 is 11.4 Å². The van der Waals surface area contributed by atoms with Crippen LogP contribution in [-0.4, -0.2) is 29.7 Å². The highest BCUT2D eigenvalue weighted by molar-refractivity contribution is 5.96. The van der Waals surface area contributed by atoms with Gasteiger partial charge >= 0.3 is 5.97 Å². The van der Waals surface area contributed by atoms with Crippen molar-refractivity contribution in [3.63, 3.8) is 0 Å². The molecule has 2 fully saturated rings. The van der Waals surface area contributed by atoms with Gasteiger partial charge in [-0.05, 0) is 57.4 Å². The summed E-state index contributed by atoms with van der Waals surface area (Å²) in [6.45, 7) is 4.99. The Morgan fingerprint density at radius 3 is 2.79 bits per heavy atom. The van der Waals surface area contributed by atoms with Crippen LogP contribution in [0.25, 0.3) is 10.9 Å². The van der Waals surface area contributed by atoms with Crippen LogP contribution in [0.2, 0.25) is 0 Å². The highest BCUT2D eigenvalue weighted by atomic mass is 19.1. The number of hydrogen-bond donors (Lipinski definition) is 0. The number of aryl methyl sites for hydroxylation is 1. The van der Waals surface area contributed by atoms with Gasteiger partial charge in [-0.25, -0.2) is 9.18 Å². The normalized spacial score (nSPS) is 23.6. The van der Waals surface area contributed by atoms with E-state index in [9.17, 15) is 9.59 Å². The van der Waals surface area contributed by atoms with Crippen molar-refractivity contribution in [1.29, 1.82) is 0 Å². The molecule has 1 saturated heterocycles. The highest BCUT2D eigenvalue weighted by Crippen LogP contribution is 2.44. The minimum Gasteiger partial charge on any atom is -0.462 e. The summed E-state index contributed by atoms with van der Waals surface area (Å²) >= 11 is 0. The number of carbonyl (C=O) groups excluding carboxylic acids is 1. The van der Waals surface area contributed by atoms with E-state index in [1.165, 1.54) is 6.07 Å². The number of rotatable bonds is 3. The Balaban J connectivity index is 1.80. The third-order valence-corrected chi connectivity index (χ3v) is 6.65. The van der Waals surface area contributed by atoms with Crippen LogP contribution < -0.4 is 10.3 Å². The quantitative estimate of drug-likeness (QED) is 0.727. The maximum Gasteiger partial charge on any atom is 0.343 e. The maximum atomic E-state index is 15.5. The van der Waals surface area contributed by atoms with Gasteiger partial charge in [-0.15, -0.1) is 0 Å². The third-order valence-electron chi connectivity index (χ3n) is 6.65. The number of ether oxygens (including phenoxy) is 1. The molecule has 1 saturated carbocycles. The molecule has 2 atom stereocenters. The first-order valence-electron chi connectivity index (χ1n) is 10.8. The van der Waals surface area contributed by atoms with E-state index in [-0.39, 0.29) is 24.0 Å². The van der Waals surface area contributed by atoms with Crippen LogP contribution in [-0.2, 0) is 11.2 Å². The van der Waals surface area contributed by atoms with E-state index in [4.69, 9.17) is 4.74 Å². The van der Waals surface area contributed by atoms with Gasteiger partial charge in [0.2, 0.25) is 5.43 Å². The summed E-state index contributed by atoms with van der Waals surface area (Å²) in [5, 5.41) is 0.310. The predicted molar refractivity (Wildman–Crippen MR) is 110 cm³/mol. The number of pyridine rings is 1. The van der Waals surface area contributed by atoms with Gasteiger partial charge in [0.15, 0.2) is 0 Å². The van der Waals surface area contributed by atoms with Gasteiger partial charge in [0.05, 0.1) is 17.8 Å². The number of nitrogens with zero attached hydrogens (tertiary/aromatic N) is 2. The number of benzene rings is 1. The molecule has 2 aliphatic heterocycles. The van der Waals surface area contributed by atoms with E-state index in [0.717, 1.165) is 56.1 Å². The fourth-order valence-electron chi connectivity index (χ4n) is 5.31. The molecule has 1 aromatic heterocycles. The fourth-order valence-corrected chi connectivity index (χ4v) is 5.31. The zero-order chi connectivity index (χ0) is 20.3. The summed E-state index contributed by atoms with van der Waals surface area (Å²) in [6.07, 6.45) is 7.56. The molecule has 0 unspecified atom stereocenters. The number of fused-ring (bicyclic) bond motifs is 5. The SMILES string of the molecule is CCOC(=O)c1cn(C2CC2)c2c3c(c(F)cc2c1=O)N1C[C@H](C)C[C@H]1CCC3. The molecule has 0 N–H and O–H groups in total. The van der Waals surface area contributed by atoms with Crippen molar-refractivity contribution >= 4 is 22.6 Å². The lowest BCUT2D eigenvalue weighted by Gasteiger charge is -2.28. The Hall–Kier alpha value is -2.37. The van der Waals surface area contributed by atoms with Gasteiger partial charge in [0.25, 0.3) is 0 Å². The number of halogens is 1. The van der Waals surface area contributed by atoms with Crippen LogP contribution in [0.1, 0.15) is 67.9 Å². The number of aromatic nitrogens is 1. The second-order valence-corrected chi connectivity index (χ2v) is 8.85. The zero-order valence-corrected chi connectivity index (χ0v) is 17.0. The van der Waals surface area contributed by atoms with Crippen molar-refractivity contribution in [3.05, 3.63) is 39.4 Å². The Bertz CT molecular complexity index is 1060. The Labute approximate surface area is 169 Å². The van der Waals surface area contributed by atoms with Crippen LogP contribution in [0, 0.1) is 11.7 Å². The monoisotopic (exact) mass is 398 g/mol. The minimum absolute atomic E-state index is 0.00638. The second-order valence-electron chi connectivity index (χ2n) is 8.85. The van der Waals surface area contributed by atoms with E-state index in [1.807, 2.05) is 0 Å². The summed E-state index contributed by atoms with van der Waals surface area (Å²) in [5.74, 6) is -0.426. The van der Waals surface area contributed by atoms with Gasteiger partial charge in [0, 0.05) is 35.8 Å². The van der Waals surface area contributed by atoms with Gasteiger partial charge < -0.3 is 14.2 Å². The van der Waals surface area contributed by atoms with Crippen molar-refractivity contribution in [2.24, 2.45) is 5.92 Å². The smallest absolute Gasteiger partial charge is 0.343 e. The molecule has 29 heavy (non-hydrogen) atoms. The highest BCUT2D eigenvalue weighted by Gasteiger charge is 2.37. The van der Waals surface area contributed by atoms with E-state index in [0.29, 0.717) is 23.0 Å². The van der Waals surface area contributed by atoms with Crippen LogP contribution in [0.15, 0.2) is 17.1 Å². The largest absolute Gasteiger partial charge is 0.462 e. The maximum absolute atomic E-state index is 15.5. The zero-order valence-electron chi connectivity index (χ0n) is 17.0. The standard InChI is InChI=1S/C23H27FN2O3/c1-3-29-23(28)18-12-26(14-7-8-14)20-16-6-4-5-15-9-13(2)11-25(15)21(16)19(24)10-17(20)22(18)27/h10,12-15H,3-9,11H2,1-2H3/t13-,15-/m1/s1. The summed E-state index contributed by atoms with van der Waals surface area (Å²) in [7, 11) is 0. The molecule has 1 aromatic carbocycles. The molecule has 154 valence electrons. The van der Waals surface area contributed by atoms with Crippen LogP contribution >= 0.6 is 0 Å². The van der Waals surface area contributed by atoms with E-state index in [2.05, 4.69) is 16.4 Å². The first-order valence-corrected chi connectivity index (χ1v) is 10.8. The summed E-state index contributed by atoms with van der Waals surface area (Å²) in [4.78, 5) is 27.8. The van der Waals surface area contributed by atoms with E-state index in [1.54, 1.807) is 13.1 Å². The van der Waals surface area contributed by atoms with Gasteiger partial charge in [-0.2, -0.15) is 0 Å². The molecular formula is C23H27FN2O3. The second kappa shape index (κ2) is 6.85. The lowest BCUT2D eigenvalue weighted by Crippen LogP contribution is -2.30. The molecule has 3 heterocycles. The lowest BCUT2D eigenvalue weighted by atomic mass is 9.99. The average Bonchev–Trinajstić information content (AvgIpc) is 3.47. The molecule has 0 spiro atoms. The van der Waals surface area contributed by atoms with Gasteiger partial charge in [-0.1, -0.05) is 6.92 Å². The lowest BCUT2D eigenvalue weighted by molar-refractivity contribution is 0.0524.